The molecule has 0 aliphatic carbocycles. The lowest BCUT2D eigenvalue weighted by Gasteiger charge is -2.10. The van der Waals surface area contributed by atoms with E-state index in [4.69, 9.17) is 18.8 Å². The molecule has 10 rings (SSSR count). The molecule has 0 spiro atoms. The lowest BCUT2D eigenvalue weighted by atomic mass is 10.0. The van der Waals surface area contributed by atoms with E-state index in [9.17, 15) is 4.79 Å². The van der Waals surface area contributed by atoms with Crippen LogP contribution in [0.5, 0.6) is 0 Å². The van der Waals surface area contributed by atoms with E-state index in [-0.39, 0.29) is 5.69 Å². The Kier molecular flexibility index (Phi) is 6.02. The fourth-order valence-corrected chi connectivity index (χ4v) is 7.13. The topological polar surface area (TPSA) is 79.0 Å². The molecule has 0 amide bonds. The summed E-state index contributed by atoms with van der Waals surface area (Å²) >= 11 is 0. The first-order chi connectivity index (χ1) is 24.5. The predicted molar refractivity (Wildman–Crippen MR) is 200 cm³/mol. The van der Waals surface area contributed by atoms with Crippen LogP contribution in [0, 0.1) is 0 Å². The van der Waals surface area contributed by atoms with Gasteiger partial charge in [0.1, 0.15) is 22.3 Å². The standard InChI is InChI=1S/C43H28N4O3/c1-46-36-18-16-28(21-37(36)47(2)43(46)48)25-12-14-26(15-13-25)34-24-35(45-42(44-34)27-8-4-3-5-9-27)29-17-19-39-31(20-29)33-23-40-32(22-41(33)50-39)30-10-6-7-11-38(30)49-40/h3-24H,1-2H3. The van der Waals surface area contributed by atoms with Crippen molar-refractivity contribution in [3.05, 3.63) is 144 Å². The third kappa shape index (κ3) is 4.33. The van der Waals surface area contributed by atoms with E-state index in [0.717, 1.165) is 94.1 Å². The number of aryl methyl sites for hydroxylation is 2. The Balaban J connectivity index is 1.09. The molecule has 0 aliphatic rings. The number of hydrogen-bond donors (Lipinski definition) is 0. The highest BCUT2D eigenvalue weighted by Crippen LogP contribution is 2.38. The second-order valence-corrected chi connectivity index (χ2v) is 12.8. The van der Waals surface area contributed by atoms with Gasteiger partial charge in [-0.05, 0) is 65.7 Å². The van der Waals surface area contributed by atoms with Gasteiger partial charge < -0.3 is 8.83 Å². The Hall–Kier alpha value is -6.73. The van der Waals surface area contributed by atoms with Crippen molar-refractivity contribution >= 4 is 54.9 Å². The summed E-state index contributed by atoms with van der Waals surface area (Å²) in [5.74, 6) is 0.652. The number of fused-ring (bicyclic) bond motifs is 7. The van der Waals surface area contributed by atoms with Gasteiger partial charge in [0.2, 0.25) is 0 Å². The highest BCUT2D eigenvalue weighted by atomic mass is 16.3. The molecule has 6 aromatic carbocycles. The molecular formula is C43H28N4O3. The zero-order valence-electron chi connectivity index (χ0n) is 27.2. The second kappa shape index (κ2) is 10.6. The van der Waals surface area contributed by atoms with Crippen LogP contribution in [0.2, 0.25) is 0 Å². The number of nitrogens with zero attached hydrogens (tertiary/aromatic N) is 4. The molecule has 0 fully saturated rings. The average Bonchev–Trinajstić information content (AvgIpc) is 3.79. The van der Waals surface area contributed by atoms with Gasteiger partial charge in [-0.2, -0.15) is 0 Å². The van der Waals surface area contributed by atoms with Crippen LogP contribution < -0.4 is 5.69 Å². The summed E-state index contributed by atoms with van der Waals surface area (Å²) in [6.45, 7) is 0. The first-order valence-electron chi connectivity index (χ1n) is 16.5. The fourth-order valence-electron chi connectivity index (χ4n) is 7.13. The third-order valence-corrected chi connectivity index (χ3v) is 9.81. The Morgan fingerprint density at radius 3 is 1.80 bits per heavy atom. The van der Waals surface area contributed by atoms with Crippen LogP contribution in [0.25, 0.3) is 99.9 Å². The third-order valence-electron chi connectivity index (χ3n) is 9.81. The van der Waals surface area contributed by atoms with Crippen molar-refractivity contribution in [2.75, 3.05) is 0 Å². The van der Waals surface area contributed by atoms with Gasteiger partial charge in [0, 0.05) is 52.3 Å². The van der Waals surface area contributed by atoms with E-state index in [2.05, 4.69) is 66.7 Å². The molecule has 7 nitrogen and oxygen atoms in total. The number of aromatic nitrogens is 4. The number of benzene rings is 6. The van der Waals surface area contributed by atoms with Crippen molar-refractivity contribution in [2.24, 2.45) is 14.1 Å². The maximum Gasteiger partial charge on any atom is 0.328 e. The van der Waals surface area contributed by atoms with Gasteiger partial charge >= 0.3 is 5.69 Å². The first-order valence-corrected chi connectivity index (χ1v) is 16.5. The molecular weight excluding hydrogens is 620 g/mol. The maximum absolute atomic E-state index is 12.5. The summed E-state index contributed by atoms with van der Waals surface area (Å²) in [6.07, 6.45) is 0. The van der Waals surface area contributed by atoms with Crippen LogP contribution in [0.15, 0.2) is 147 Å². The first kappa shape index (κ1) is 28.3. The Morgan fingerprint density at radius 2 is 1.02 bits per heavy atom. The molecule has 0 aliphatic heterocycles. The van der Waals surface area contributed by atoms with Crippen LogP contribution in [0.3, 0.4) is 0 Å². The minimum atomic E-state index is -0.0371. The monoisotopic (exact) mass is 648 g/mol. The lowest BCUT2D eigenvalue weighted by Crippen LogP contribution is -2.19. The Morgan fingerprint density at radius 1 is 0.440 bits per heavy atom. The van der Waals surface area contributed by atoms with Crippen LogP contribution in [0.4, 0.5) is 0 Å². The smallest absolute Gasteiger partial charge is 0.328 e. The van der Waals surface area contributed by atoms with E-state index in [0.29, 0.717) is 5.82 Å². The lowest BCUT2D eigenvalue weighted by molar-refractivity contribution is 0.664. The van der Waals surface area contributed by atoms with E-state index < -0.39 is 0 Å². The quantitative estimate of drug-likeness (QED) is 0.190. The van der Waals surface area contributed by atoms with Gasteiger partial charge in [0.05, 0.1) is 22.4 Å². The van der Waals surface area contributed by atoms with Crippen LogP contribution in [0.1, 0.15) is 0 Å². The molecule has 50 heavy (non-hydrogen) atoms. The summed E-state index contributed by atoms with van der Waals surface area (Å²) in [5, 5.41) is 4.11. The molecule has 0 bridgehead atoms. The second-order valence-electron chi connectivity index (χ2n) is 12.8. The van der Waals surface area contributed by atoms with Gasteiger partial charge in [0.15, 0.2) is 5.82 Å². The summed E-state index contributed by atoms with van der Waals surface area (Å²) in [7, 11) is 3.61. The molecule has 10 aromatic rings. The maximum atomic E-state index is 12.5. The van der Waals surface area contributed by atoms with Crippen molar-refractivity contribution in [3.63, 3.8) is 0 Å². The van der Waals surface area contributed by atoms with E-state index in [1.165, 1.54) is 0 Å². The van der Waals surface area contributed by atoms with Gasteiger partial charge in [-0.15, -0.1) is 0 Å². The number of furan rings is 2. The molecule has 4 aromatic heterocycles. The summed E-state index contributed by atoms with van der Waals surface area (Å²) < 4.78 is 15.9. The van der Waals surface area contributed by atoms with Gasteiger partial charge in [-0.3, -0.25) is 9.13 Å². The van der Waals surface area contributed by atoms with Crippen LogP contribution >= 0.6 is 0 Å². The molecule has 0 atom stereocenters. The van der Waals surface area contributed by atoms with Crippen molar-refractivity contribution in [3.8, 4) is 45.0 Å². The van der Waals surface area contributed by atoms with E-state index in [1.54, 1.807) is 23.2 Å². The molecule has 7 heteroatoms. The zero-order chi connectivity index (χ0) is 33.5. The number of imidazole rings is 1. The minimum Gasteiger partial charge on any atom is -0.456 e. The average molecular weight is 649 g/mol. The van der Waals surface area contributed by atoms with Crippen LogP contribution in [-0.4, -0.2) is 19.1 Å². The van der Waals surface area contributed by atoms with E-state index in [1.807, 2.05) is 66.7 Å². The van der Waals surface area contributed by atoms with Crippen molar-refractivity contribution in [2.45, 2.75) is 0 Å². The minimum absolute atomic E-state index is 0.0371. The normalized spacial score (nSPS) is 11.9. The summed E-state index contributed by atoms with van der Waals surface area (Å²) in [4.78, 5) is 22.6. The molecule has 0 radical (unpaired) electrons. The van der Waals surface area contributed by atoms with Crippen LogP contribution in [-0.2, 0) is 14.1 Å². The zero-order valence-corrected chi connectivity index (χ0v) is 27.2. The van der Waals surface area contributed by atoms with Gasteiger partial charge in [-0.25, -0.2) is 14.8 Å². The van der Waals surface area contributed by atoms with Gasteiger partial charge in [-0.1, -0.05) is 78.9 Å². The van der Waals surface area contributed by atoms with Crippen molar-refractivity contribution in [1.82, 2.24) is 19.1 Å². The molecule has 0 saturated heterocycles. The molecule has 238 valence electrons. The molecule has 0 unspecified atom stereocenters. The highest BCUT2D eigenvalue weighted by Gasteiger charge is 2.16. The fraction of sp³-hybridized carbons (Fsp3) is 0.0465. The molecule has 0 saturated carbocycles. The number of rotatable bonds is 4. The van der Waals surface area contributed by atoms with Gasteiger partial charge in [0.25, 0.3) is 0 Å². The number of hydrogen-bond acceptors (Lipinski definition) is 5. The predicted octanol–water partition coefficient (Wildman–Crippen LogP) is 10.1. The molecule has 0 N–H and O–H groups in total. The number of para-hydroxylation sites is 1. The SMILES string of the molecule is Cn1c(=O)n(C)c2cc(-c3ccc(-c4cc(-c5ccc6oc7cc8c(cc7c6c5)oc5ccccc58)nc(-c5ccccc5)n4)cc3)ccc21. The summed E-state index contributed by atoms with van der Waals surface area (Å²) in [6, 6.07) is 45.1. The highest BCUT2D eigenvalue weighted by molar-refractivity contribution is 6.15. The Bertz CT molecular complexity index is 3020. The largest absolute Gasteiger partial charge is 0.456 e. The van der Waals surface area contributed by atoms with Crippen molar-refractivity contribution < 1.29 is 8.83 Å². The van der Waals surface area contributed by atoms with E-state index >= 15 is 0 Å². The van der Waals surface area contributed by atoms with Crippen molar-refractivity contribution in [1.29, 1.82) is 0 Å². The Labute approximate surface area is 285 Å². The summed E-state index contributed by atoms with van der Waals surface area (Å²) in [5.41, 5.74) is 11.7. The molecule has 4 heterocycles.